The average Bonchev–Trinajstić information content (AvgIpc) is 2.64. The third kappa shape index (κ3) is 5.44. The predicted octanol–water partition coefficient (Wildman–Crippen LogP) is 7.06. The zero-order chi connectivity index (χ0) is 19.8. The molecule has 0 radical (unpaired) electrons. The van der Waals surface area contributed by atoms with Crippen molar-refractivity contribution in [3.63, 3.8) is 0 Å². The highest BCUT2D eigenvalue weighted by Crippen LogP contribution is 2.41. The van der Waals surface area contributed by atoms with Crippen molar-refractivity contribution in [2.24, 2.45) is 0 Å². The zero-order valence-electron chi connectivity index (χ0n) is 17.3. The lowest BCUT2D eigenvalue weighted by molar-refractivity contribution is 0.464. The van der Waals surface area contributed by atoms with Crippen LogP contribution in [0.15, 0.2) is 34.1 Å². The van der Waals surface area contributed by atoms with E-state index < -0.39 is 0 Å². The Bertz CT molecular complexity index is 753. The van der Waals surface area contributed by atoms with Crippen LogP contribution in [0.4, 0.5) is 0 Å². The quantitative estimate of drug-likeness (QED) is 0.459. The summed E-state index contributed by atoms with van der Waals surface area (Å²) in [6.45, 7) is 8.69. The lowest BCUT2D eigenvalue weighted by atomic mass is 9.94. The van der Waals surface area contributed by atoms with Gasteiger partial charge < -0.3 is 10.2 Å². The van der Waals surface area contributed by atoms with Crippen LogP contribution >= 0.6 is 11.8 Å². The van der Waals surface area contributed by atoms with Gasteiger partial charge in [0.1, 0.15) is 11.5 Å². The summed E-state index contributed by atoms with van der Waals surface area (Å²) in [5, 5.41) is 20.8. The molecule has 0 saturated carbocycles. The molecule has 0 amide bonds. The number of hydrogen-bond acceptors (Lipinski definition) is 3. The summed E-state index contributed by atoms with van der Waals surface area (Å²) in [7, 11) is 0. The normalized spacial score (nSPS) is 11.1. The molecule has 0 aliphatic heterocycles. The summed E-state index contributed by atoms with van der Waals surface area (Å²) in [6.07, 6.45) is 7.93. The van der Waals surface area contributed by atoms with Crippen molar-refractivity contribution in [2.45, 2.75) is 88.9 Å². The van der Waals surface area contributed by atoms with Crippen LogP contribution in [-0.2, 0) is 25.7 Å². The molecule has 0 aliphatic carbocycles. The van der Waals surface area contributed by atoms with Gasteiger partial charge in [0.05, 0.1) is 0 Å². The topological polar surface area (TPSA) is 40.5 Å². The first-order valence-electron chi connectivity index (χ1n) is 10.4. The fourth-order valence-corrected chi connectivity index (χ4v) is 4.86. The smallest absolute Gasteiger partial charge is 0.119 e. The van der Waals surface area contributed by atoms with Crippen LogP contribution < -0.4 is 0 Å². The Balaban J connectivity index is 2.55. The maximum Gasteiger partial charge on any atom is 0.119 e. The Morgan fingerprint density at radius 1 is 0.667 bits per heavy atom. The van der Waals surface area contributed by atoms with Gasteiger partial charge in [-0.05, 0) is 72.2 Å². The lowest BCUT2D eigenvalue weighted by Gasteiger charge is -2.20. The molecular weight excluding hydrogens is 352 g/mol. The number of phenolic OH excluding ortho intramolecular Hbond substituents is 2. The molecule has 2 aromatic rings. The molecule has 2 aromatic carbocycles. The number of rotatable bonds is 10. The van der Waals surface area contributed by atoms with E-state index >= 15 is 0 Å². The molecular formula is C24H34O2S. The third-order valence-corrected chi connectivity index (χ3v) is 6.06. The van der Waals surface area contributed by atoms with Gasteiger partial charge in [0.2, 0.25) is 0 Å². The van der Waals surface area contributed by atoms with Crippen molar-refractivity contribution in [1.82, 2.24) is 0 Å². The number of hydrogen-bond donors (Lipinski definition) is 2. The Morgan fingerprint density at radius 3 is 1.89 bits per heavy atom. The van der Waals surface area contributed by atoms with E-state index in [4.69, 9.17) is 0 Å². The maximum absolute atomic E-state index is 10.7. The van der Waals surface area contributed by atoms with E-state index in [2.05, 4.69) is 33.8 Å². The molecule has 3 heteroatoms. The van der Waals surface area contributed by atoms with E-state index in [1.165, 1.54) is 20.9 Å². The second-order valence-corrected chi connectivity index (χ2v) is 8.32. The summed E-state index contributed by atoms with van der Waals surface area (Å²) < 4.78 is 0. The van der Waals surface area contributed by atoms with Crippen LogP contribution in [-0.4, -0.2) is 10.2 Å². The highest BCUT2D eigenvalue weighted by Gasteiger charge is 2.18. The first-order chi connectivity index (χ1) is 13.0. The molecule has 148 valence electrons. The van der Waals surface area contributed by atoms with E-state index in [1.807, 2.05) is 18.2 Å². The van der Waals surface area contributed by atoms with Crippen LogP contribution in [0.3, 0.4) is 0 Å². The second kappa shape index (κ2) is 10.7. The van der Waals surface area contributed by atoms with E-state index in [-0.39, 0.29) is 0 Å². The number of aromatic hydroxyl groups is 2. The number of benzene rings is 2. The van der Waals surface area contributed by atoms with E-state index in [0.717, 1.165) is 62.5 Å². The largest absolute Gasteiger partial charge is 0.508 e. The van der Waals surface area contributed by atoms with E-state index in [1.54, 1.807) is 11.8 Å². The van der Waals surface area contributed by atoms with Crippen LogP contribution in [0.2, 0.25) is 0 Å². The van der Waals surface area contributed by atoms with Crippen LogP contribution in [0.1, 0.15) is 75.6 Å². The number of aryl methyl sites for hydroxylation is 2. The fourth-order valence-electron chi connectivity index (χ4n) is 3.64. The van der Waals surface area contributed by atoms with Gasteiger partial charge in [-0.25, -0.2) is 0 Å². The molecule has 27 heavy (non-hydrogen) atoms. The molecule has 0 fully saturated rings. The minimum atomic E-state index is 0.390. The molecule has 2 N–H and O–H groups in total. The van der Waals surface area contributed by atoms with Crippen molar-refractivity contribution in [1.29, 1.82) is 0 Å². The maximum atomic E-state index is 10.7. The molecule has 0 aliphatic rings. The van der Waals surface area contributed by atoms with Crippen molar-refractivity contribution in [2.75, 3.05) is 0 Å². The van der Waals surface area contributed by atoms with Gasteiger partial charge in [-0.1, -0.05) is 65.1 Å². The monoisotopic (exact) mass is 386 g/mol. The molecule has 0 unspecified atom stereocenters. The number of phenols is 2. The molecule has 2 nitrogen and oxygen atoms in total. The van der Waals surface area contributed by atoms with Crippen molar-refractivity contribution in [3.8, 4) is 11.5 Å². The minimum absolute atomic E-state index is 0.390. The Hall–Kier alpha value is -1.61. The second-order valence-electron chi connectivity index (χ2n) is 7.23. The molecule has 2 rings (SSSR count). The zero-order valence-corrected chi connectivity index (χ0v) is 18.1. The molecule has 0 atom stereocenters. The molecule has 0 saturated heterocycles. The van der Waals surface area contributed by atoms with E-state index in [9.17, 15) is 10.2 Å². The van der Waals surface area contributed by atoms with Gasteiger partial charge in [-0.15, -0.1) is 0 Å². The Kier molecular flexibility index (Phi) is 8.56. The summed E-state index contributed by atoms with van der Waals surface area (Å²) in [6, 6.07) is 7.95. The first kappa shape index (κ1) is 21.7. The molecule has 0 heterocycles. The average molecular weight is 387 g/mol. The van der Waals surface area contributed by atoms with Gasteiger partial charge in [-0.3, -0.25) is 0 Å². The van der Waals surface area contributed by atoms with Crippen LogP contribution in [0, 0.1) is 0 Å². The molecule has 0 spiro atoms. The SMILES string of the molecule is CCCc1cc(Sc2c(CCC)cc(O)c(CCC)c2CCC)ccc1O. The van der Waals surface area contributed by atoms with Crippen molar-refractivity contribution >= 4 is 11.8 Å². The highest BCUT2D eigenvalue weighted by molar-refractivity contribution is 7.99. The Morgan fingerprint density at radius 2 is 1.26 bits per heavy atom. The van der Waals surface area contributed by atoms with E-state index in [0.29, 0.717) is 11.5 Å². The summed E-state index contributed by atoms with van der Waals surface area (Å²) in [4.78, 5) is 2.48. The predicted molar refractivity (Wildman–Crippen MR) is 116 cm³/mol. The van der Waals surface area contributed by atoms with Crippen molar-refractivity contribution < 1.29 is 10.2 Å². The molecule has 0 bridgehead atoms. The summed E-state index contributed by atoms with van der Waals surface area (Å²) in [5.74, 6) is 0.853. The van der Waals surface area contributed by atoms with Crippen LogP contribution in [0.5, 0.6) is 11.5 Å². The summed E-state index contributed by atoms with van der Waals surface area (Å²) in [5.41, 5.74) is 4.70. The van der Waals surface area contributed by atoms with Crippen LogP contribution in [0.25, 0.3) is 0 Å². The van der Waals surface area contributed by atoms with Gasteiger partial charge in [0.15, 0.2) is 0 Å². The first-order valence-corrected chi connectivity index (χ1v) is 11.2. The van der Waals surface area contributed by atoms with Gasteiger partial charge >= 0.3 is 0 Å². The molecule has 0 aromatic heterocycles. The van der Waals surface area contributed by atoms with Gasteiger partial charge in [0, 0.05) is 9.79 Å². The van der Waals surface area contributed by atoms with Gasteiger partial charge in [-0.2, -0.15) is 0 Å². The third-order valence-electron chi connectivity index (χ3n) is 4.86. The summed E-state index contributed by atoms with van der Waals surface area (Å²) >= 11 is 1.80. The lowest BCUT2D eigenvalue weighted by Crippen LogP contribution is -2.02. The minimum Gasteiger partial charge on any atom is -0.508 e. The standard InChI is InChI=1S/C24H34O2S/c1-5-9-17-15-19(13-14-22(17)25)27-24-18(10-6-2)16-23(26)20(11-7-3)21(24)12-8-4/h13-16,25-26H,5-12H2,1-4H3. The fraction of sp³-hybridized carbons (Fsp3) is 0.500. The highest BCUT2D eigenvalue weighted by atomic mass is 32.2. The van der Waals surface area contributed by atoms with Crippen molar-refractivity contribution in [3.05, 3.63) is 46.5 Å². The Labute approximate surface area is 169 Å². The van der Waals surface area contributed by atoms with Gasteiger partial charge in [0.25, 0.3) is 0 Å².